The Labute approximate surface area is 137 Å². The first-order valence-electron chi connectivity index (χ1n) is 8.50. The van der Waals surface area contributed by atoms with Crippen LogP contribution in [0.15, 0.2) is 42.5 Å². The van der Waals surface area contributed by atoms with Crippen molar-refractivity contribution in [2.45, 2.75) is 59.1 Å². The Hall–Kier alpha value is -1.50. The molecule has 0 unspecified atom stereocenters. The standard InChI is InChI=1S/C21H29B/c1-7-21(6,20-16(3)13-15(2)14-17(20)4)22-18(5)19-11-9-8-10-12-19/h8-14,18,22H,7H2,1-6H3/t18-,21+/m1/s1. The summed E-state index contributed by atoms with van der Waals surface area (Å²) < 4.78 is 0. The third kappa shape index (κ3) is 3.46. The van der Waals surface area contributed by atoms with Gasteiger partial charge in [-0.1, -0.05) is 80.8 Å². The molecule has 2 rings (SSSR count). The van der Waals surface area contributed by atoms with Crippen LogP contribution in [0.3, 0.4) is 0 Å². The quantitative estimate of drug-likeness (QED) is 0.644. The number of hydrogen-bond acceptors (Lipinski definition) is 0. The number of benzene rings is 2. The summed E-state index contributed by atoms with van der Waals surface area (Å²) in [4.78, 5) is 0. The van der Waals surface area contributed by atoms with E-state index in [1.54, 1.807) is 5.56 Å². The summed E-state index contributed by atoms with van der Waals surface area (Å²) in [5.41, 5.74) is 7.27. The molecular formula is C21H29B. The fourth-order valence-corrected chi connectivity index (χ4v) is 4.13. The first-order valence-corrected chi connectivity index (χ1v) is 8.50. The van der Waals surface area contributed by atoms with Crippen LogP contribution in [0.1, 0.15) is 60.8 Å². The van der Waals surface area contributed by atoms with Gasteiger partial charge in [0, 0.05) is 0 Å². The largest absolute Gasteiger partial charge is 0.141 e. The predicted molar refractivity (Wildman–Crippen MR) is 100 cm³/mol. The fourth-order valence-electron chi connectivity index (χ4n) is 4.13. The van der Waals surface area contributed by atoms with E-state index in [4.69, 9.17) is 0 Å². The van der Waals surface area contributed by atoms with Crippen LogP contribution in [-0.2, 0) is 5.31 Å². The monoisotopic (exact) mass is 292 g/mol. The lowest BCUT2D eigenvalue weighted by Gasteiger charge is -2.34. The van der Waals surface area contributed by atoms with Crippen LogP contribution >= 0.6 is 0 Å². The molecule has 0 saturated carbocycles. The molecule has 0 saturated heterocycles. The Morgan fingerprint density at radius 1 is 1.00 bits per heavy atom. The fraction of sp³-hybridized carbons (Fsp3) is 0.429. The van der Waals surface area contributed by atoms with E-state index in [-0.39, 0.29) is 5.31 Å². The van der Waals surface area contributed by atoms with Crippen molar-refractivity contribution in [2.75, 3.05) is 0 Å². The highest BCUT2D eigenvalue weighted by atomic mass is 14.2. The normalized spacial score (nSPS) is 15.2. The lowest BCUT2D eigenvalue weighted by molar-refractivity contribution is 0.620. The SMILES string of the molecule is CC[C@](C)(B[C@H](C)c1ccccc1)c1c(C)cc(C)cc1C. The Bertz CT molecular complexity index is 607. The molecule has 1 heteroatoms. The van der Waals surface area contributed by atoms with Crippen LogP contribution in [-0.4, -0.2) is 7.28 Å². The van der Waals surface area contributed by atoms with E-state index in [9.17, 15) is 0 Å². The van der Waals surface area contributed by atoms with E-state index < -0.39 is 0 Å². The second-order valence-electron chi connectivity index (χ2n) is 7.20. The lowest BCUT2D eigenvalue weighted by atomic mass is 9.42. The second-order valence-corrected chi connectivity index (χ2v) is 7.20. The van der Waals surface area contributed by atoms with E-state index in [0.717, 1.165) is 0 Å². The van der Waals surface area contributed by atoms with Crippen LogP contribution < -0.4 is 0 Å². The maximum atomic E-state index is 2.44. The number of aryl methyl sites for hydroxylation is 3. The van der Waals surface area contributed by atoms with Crippen LogP contribution in [0.2, 0.25) is 0 Å². The summed E-state index contributed by atoms with van der Waals surface area (Å²) in [6, 6.07) is 15.6. The van der Waals surface area contributed by atoms with Crippen LogP contribution in [0.5, 0.6) is 0 Å². The minimum atomic E-state index is 0.233. The Kier molecular flexibility index (Phi) is 5.16. The van der Waals surface area contributed by atoms with Crippen LogP contribution in [0.25, 0.3) is 0 Å². The summed E-state index contributed by atoms with van der Waals surface area (Å²) >= 11 is 0. The van der Waals surface area contributed by atoms with E-state index in [1.165, 1.54) is 36.0 Å². The summed E-state index contributed by atoms with van der Waals surface area (Å²) in [7, 11) is 1.19. The van der Waals surface area contributed by atoms with Gasteiger partial charge in [-0.2, -0.15) is 0 Å². The Morgan fingerprint density at radius 2 is 1.55 bits per heavy atom. The topological polar surface area (TPSA) is 0 Å². The van der Waals surface area contributed by atoms with Gasteiger partial charge in [-0.25, -0.2) is 0 Å². The second kappa shape index (κ2) is 6.73. The summed E-state index contributed by atoms with van der Waals surface area (Å²) in [5.74, 6) is 0.575. The molecule has 0 heterocycles. The van der Waals surface area contributed by atoms with Gasteiger partial charge in [-0.05, 0) is 48.6 Å². The van der Waals surface area contributed by atoms with Gasteiger partial charge in [-0.3, -0.25) is 0 Å². The molecule has 0 aromatic heterocycles. The van der Waals surface area contributed by atoms with Crippen molar-refractivity contribution in [1.29, 1.82) is 0 Å². The molecular weight excluding hydrogens is 263 g/mol. The zero-order chi connectivity index (χ0) is 16.3. The first kappa shape index (κ1) is 16.9. The van der Waals surface area contributed by atoms with Crippen molar-refractivity contribution < 1.29 is 0 Å². The summed E-state index contributed by atoms with van der Waals surface area (Å²) in [5, 5.41) is 0.233. The Morgan fingerprint density at radius 3 is 2.05 bits per heavy atom. The molecule has 0 aliphatic rings. The van der Waals surface area contributed by atoms with Crippen LogP contribution in [0, 0.1) is 20.8 Å². The van der Waals surface area contributed by atoms with Crippen molar-refractivity contribution in [1.82, 2.24) is 0 Å². The highest BCUT2D eigenvalue weighted by molar-refractivity contribution is 6.42. The van der Waals surface area contributed by atoms with Gasteiger partial charge in [0.25, 0.3) is 0 Å². The number of rotatable bonds is 5. The summed E-state index contributed by atoms with van der Waals surface area (Å²) in [6.45, 7) is 13.9. The predicted octanol–water partition coefficient (Wildman–Crippen LogP) is 5.43. The molecule has 22 heavy (non-hydrogen) atoms. The van der Waals surface area contributed by atoms with Crippen molar-refractivity contribution >= 4 is 7.28 Å². The maximum Gasteiger partial charge on any atom is 0.141 e. The average molecular weight is 292 g/mol. The van der Waals surface area contributed by atoms with E-state index in [0.29, 0.717) is 5.82 Å². The van der Waals surface area contributed by atoms with Gasteiger partial charge in [0.1, 0.15) is 7.28 Å². The molecule has 0 radical (unpaired) electrons. The first-order chi connectivity index (χ1) is 10.4. The van der Waals surface area contributed by atoms with Gasteiger partial charge < -0.3 is 0 Å². The van der Waals surface area contributed by atoms with Crippen molar-refractivity contribution in [3.8, 4) is 0 Å². The molecule has 0 nitrogen and oxygen atoms in total. The molecule has 0 N–H and O–H groups in total. The third-order valence-electron chi connectivity index (χ3n) is 5.19. The molecule has 116 valence electrons. The molecule has 0 fully saturated rings. The molecule has 0 amide bonds. The third-order valence-corrected chi connectivity index (χ3v) is 5.19. The minimum absolute atomic E-state index is 0.233. The van der Waals surface area contributed by atoms with Crippen molar-refractivity contribution in [3.05, 3.63) is 70.3 Å². The zero-order valence-electron chi connectivity index (χ0n) is 15.0. The average Bonchev–Trinajstić information content (AvgIpc) is 2.47. The molecule has 2 aromatic rings. The zero-order valence-corrected chi connectivity index (χ0v) is 15.0. The van der Waals surface area contributed by atoms with Gasteiger partial charge in [-0.15, -0.1) is 0 Å². The maximum absolute atomic E-state index is 2.44. The molecule has 2 atom stereocenters. The van der Waals surface area contributed by atoms with Crippen LogP contribution in [0.4, 0.5) is 0 Å². The van der Waals surface area contributed by atoms with Gasteiger partial charge >= 0.3 is 0 Å². The molecule has 0 bridgehead atoms. The molecule has 0 aliphatic heterocycles. The van der Waals surface area contributed by atoms with Gasteiger partial charge in [0.2, 0.25) is 0 Å². The van der Waals surface area contributed by atoms with Crippen molar-refractivity contribution in [2.24, 2.45) is 0 Å². The molecule has 2 aromatic carbocycles. The number of hydrogen-bond donors (Lipinski definition) is 0. The van der Waals surface area contributed by atoms with Gasteiger partial charge in [0.15, 0.2) is 0 Å². The highest BCUT2D eigenvalue weighted by Gasteiger charge is 2.31. The highest BCUT2D eigenvalue weighted by Crippen LogP contribution is 2.35. The van der Waals surface area contributed by atoms with Crippen molar-refractivity contribution in [3.63, 3.8) is 0 Å². The minimum Gasteiger partial charge on any atom is -0.0654 e. The van der Waals surface area contributed by atoms with E-state index in [1.807, 2.05) is 0 Å². The summed E-state index contributed by atoms with van der Waals surface area (Å²) in [6.07, 6.45) is 1.18. The van der Waals surface area contributed by atoms with E-state index in [2.05, 4.69) is 84.0 Å². The molecule has 0 aliphatic carbocycles. The lowest BCUT2D eigenvalue weighted by Crippen LogP contribution is -2.34. The molecule has 0 spiro atoms. The Balaban J connectivity index is 2.37. The van der Waals surface area contributed by atoms with Gasteiger partial charge in [0.05, 0.1) is 0 Å². The van der Waals surface area contributed by atoms with E-state index >= 15 is 0 Å². The smallest absolute Gasteiger partial charge is 0.0654 e.